The van der Waals surface area contributed by atoms with Crippen LogP contribution in [0.5, 0.6) is 0 Å². The lowest BCUT2D eigenvalue weighted by Crippen LogP contribution is -1.98. The Hall–Kier alpha value is -20.5. The van der Waals surface area contributed by atoms with E-state index in [-0.39, 0.29) is 0 Å². The van der Waals surface area contributed by atoms with Crippen LogP contribution in [0.15, 0.2) is 423 Å². The third-order valence-electron chi connectivity index (χ3n) is 29.4. The zero-order valence-corrected chi connectivity index (χ0v) is 81.1. The van der Waals surface area contributed by atoms with Crippen molar-refractivity contribution < 1.29 is 22.1 Å². The number of aryl methyl sites for hydroxylation is 5. The molecular weight excluding hydrogens is 1860 g/mol. The van der Waals surface area contributed by atoms with Crippen LogP contribution in [0.3, 0.4) is 0 Å². The SMILES string of the molecule is Cc1cc2c(cn1)oc1c(-n3c4ccccc4n4c5ccccc5nc34)cccc12.Cc1ccc2oc3c(-n4c5ccccc5n5c6ccccc6nc45)cccc3c2c1.Cc1ccc2oc3c(-n4c5ccccc5n5c6ccccc6nc45)nccc3c2c1.Cc1cccc2c1oc1ncc(-n3c4ccccc4n4c5ccccc5nc34)cc12.Cc1cnc2oc3c(-n4c5ccccc5n5c6ccccc6nc45)cccc3c2c1. The predicted molar refractivity (Wildman–Crippen MR) is 599 cm³/mol. The zero-order chi connectivity index (χ0) is 99.1. The Morgan fingerprint density at radius 1 is 0.200 bits per heavy atom. The van der Waals surface area contributed by atoms with E-state index in [9.17, 15) is 0 Å². The first-order valence-electron chi connectivity index (χ1n) is 49.9. The Labute approximate surface area is 847 Å². The summed E-state index contributed by atoms with van der Waals surface area (Å²) in [6.45, 7) is 10.3. The van der Waals surface area contributed by atoms with Crippen molar-refractivity contribution in [1.29, 1.82) is 0 Å². The van der Waals surface area contributed by atoms with Crippen molar-refractivity contribution in [3.63, 3.8) is 0 Å². The van der Waals surface area contributed by atoms with Gasteiger partial charge in [-0.2, -0.15) is 0 Å². The summed E-state index contributed by atoms with van der Waals surface area (Å²) in [4.78, 5) is 43.2. The number of para-hydroxylation sites is 24. The molecule has 0 aliphatic rings. The summed E-state index contributed by atoms with van der Waals surface area (Å²) in [5.41, 5.74) is 39.0. The average Bonchev–Trinajstić information content (AvgIpc) is 1.56. The second kappa shape index (κ2) is 32.2. The van der Waals surface area contributed by atoms with Crippen molar-refractivity contribution in [3.8, 4) is 28.6 Å². The van der Waals surface area contributed by atoms with E-state index in [4.69, 9.17) is 52.0 Å². The molecule has 16 aromatic carbocycles. The van der Waals surface area contributed by atoms with Gasteiger partial charge in [0, 0.05) is 66.6 Å². The molecule has 0 amide bonds. The van der Waals surface area contributed by atoms with E-state index >= 15 is 0 Å². The van der Waals surface area contributed by atoms with Gasteiger partial charge in [0.25, 0.3) is 0 Å². The molecule has 0 saturated carbocycles. The first kappa shape index (κ1) is 84.0. The van der Waals surface area contributed by atoms with Gasteiger partial charge in [-0.15, -0.1) is 0 Å². The third kappa shape index (κ3) is 12.5. The highest BCUT2D eigenvalue weighted by molar-refractivity contribution is 6.14. The van der Waals surface area contributed by atoms with Crippen molar-refractivity contribution in [3.05, 3.63) is 429 Å². The largest absolute Gasteiger partial charge is 0.454 e. The summed E-state index contributed by atoms with van der Waals surface area (Å²) in [5, 5.41) is 10.8. The minimum atomic E-state index is 0.657. The van der Waals surface area contributed by atoms with Crippen molar-refractivity contribution in [2.24, 2.45) is 0 Å². The summed E-state index contributed by atoms with van der Waals surface area (Å²) in [6.07, 6.45) is 7.37. The molecule has 150 heavy (non-hydrogen) atoms. The van der Waals surface area contributed by atoms with E-state index in [1.807, 2.05) is 99.3 Å². The van der Waals surface area contributed by atoms with Gasteiger partial charge in [0.05, 0.1) is 151 Å². The van der Waals surface area contributed by atoms with Crippen LogP contribution in [0.4, 0.5) is 0 Å². The molecule has 35 rings (SSSR count). The number of benzene rings is 16. The monoisotopic (exact) mass is 1940 g/mol. The summed E-state index contributed by atoms with van der Waals surface area (Å²) in [7, 11) is 0. The molecule has 0 N–H and O–H groups in total. The highest BCUT2D eigenvalue weighted by atomic mass is 16.4. The second-order valence-electron chi connectivity index (χ2n) is 38.5. The number of furan rings is 5. The molecular formula is C126H81N19O5. The van der Waals surface area contributed by atoms with Crippen LogP contribution in [0, 0.1) is 34.6 Å². The molecule has 19 aromatic heterocycles. The van der Waals surface area contributed by atoms with Gasteiger partial charge in [0.15, 0.2) is 33.7 Å². The van der Waals surface area contributed by atoms with Crippen LogP contribution < -0.4 is 0 Å². The normalized spacial score (nSPS) is 12.2. The maximum Gasteiger partial charge on any atom is 0.227 e. The van der Waals surface area contributed by atoms with Gasteiger partial charge in [-0.1, -0.05) is 199 Å². The van der Waals surface area contributed by atoms with Crippen LogP contribution in [0.25, 0.3) is 278 Å². The molecule has 19 heterocycles. The summed E-state index contributed by atoms with van der Waals surface area (Å²) in [6, 6.07) is 129. The van der Waals surface area contributed by atoms with Crippen LogP contribution in [0.2, 0.25) is 0 Å². The van der Waals surface area contributed by atoms with Crippen molar-refractivity contribution >= 4 is 249 Å². The van der Waals surface area contributed by atoms with Crippen LogP contribution in [-0.2, 0) is 0 Å². The lowest BCUT2D eigenvalue weighted by atomic mass is 10.1. The summed E-state index contributed by atoms with van der Waals surface area (Å²) < 4.78 is 53.3. The van der Waals surface area contributed by atoms with E-state index in [2.05, 4.69) is 396 Å². The number of aromatic nitrogens is 19. The number of imidazole rings is 10. The molecule has 710 valence electrons. The first-order valence-corrected chi connectivity index (χ1v) is 49.9. The molecule has 0 aliphatic carbocycles. The number of nitrogens with zero attached hydrogens (tertiary/aromatic N) is 19. The van der Waals surface area contributed by atoms with E-state index in [1.165, 1.54) is 11.1 Å². The molecule has 0 atom stereocenters. The zero-order valence-electron chi connectivity index (χ0n) is 81.1. The Balaban J connectivity index is 0.0000000844. The Morgan fingerprint density at radius 2 is 0.520 bits per heavy atom. The maximum atomic E-state index is 6.38. The smallest absolute Gasteiger partial charge is 0.227 e. The van der Waals surface area contributed by atoms with Crippen LogP contribution in [0.1, 0.15) is 27.9 Å². The van der Waals surface area contributed by atoms with Crippen LogP contribution >= 0.6 is 0 Å². The molecule has 0 fully saturated rings. The first-order chi connectivity index (χ1) is 74.0. The Kier molecular flexibility index (Phi) is 18.1. The molecule has 0 aliphatic heterocycles. The molecule has 0 bridgehead atoms. The minimum Gasteiger partial charge on any atom is -0.454 e. The third-order valence-corrected chi connectivity index (χ3v) is 29.4. The fraction of sp³-hybridized carbons (Fsp3) is 0.0397. The van der Waals surface area contributed by atoms with Gasteiger partial charge >= 0.3 is 0 Å². The fourth-order valence-electron chi connectivity index (χ4n) is 22.8. The van der Waals surface area contributed by atoms with Gasteiger partial charge in [0.1, 0.15) is 16.7 Å². The van der Waals surface area contributed by atoms with Crippen LogP contribution in [-0.4, -0.2) is 89.7 Å². The summed E-state index contributed by atoms with van der Waals surface area (Å²) in [5.74, 6) is 5.09. The lowest BCUT2D eigenvalue weighted by molar-refractivity contribution is 0.650. The quantitative estimate of drug-likeness (QED) is 0.156. The standard InChI is InChI=1S/C26H17N3O.4C25H16N4O/c1-16-13-14-24-18(15-16)17-7-6-12-23(25(17)30-24)29-22-11-5-4-10-21(22)28-20-9-3-2-8-19(20)27-26(28)29;1-15-7-6-8-17-18-13-16(14-26-24(18)30-23(15)17)28-21-11-4-5-12-22(21)29-20-10-3-2-9-19(20)27-25(28)29;1-15-13-17-16-7-6-12-22(24(16)30-23(17)14-26-15)29-21-11-5-4-10-20(21)28-19-9-3-2-8-18(19)27-25(28)29;1-15-13-17-16-7-6-12-22(23(16)30-24(17)26-14-15)29-21-11-5-4-10-20(21)28-19-9-3-2-8-18(19)27-25(28)29;1-15-10-11-22-17(14-15)16-12-13-26-24(23(16)30-22)29-21-9-5-4-8-20(21)28-19-7-3-2-6-18(19)27-25(28)29/h2-15H,1H3;4*2-14H,1H3. The summed E-state index contributed by atoms with van der Waals surface area (Å²) >= 11 is 0. The van der Waals surface area contributed by atoms with Gasteiger partial charge in [-0.25, -0.2) is 39.9 Å². The maximum absolute atomic E-state index is 6.38. The number of pyridine rings is 4. The van der Waals surface area contributed by atoms with Crippen molar-refractivity contribution in [2.45, 2.75) is 34.6 Å². The van der Waals surface area contributed by atoms with Gasteiger partial charge in [-0.3, -0.25) is 49.8 Å². The molecule has 35 aromatic rings. The van der Waals surface area contributed by atoms with E-state index < -0.39 is 0 Å². The van der Waals surface area contributed by atoms with E-state index in [0.29, 0.717) is 11.4 Å². The Morgan fingerprint density at radius 3 is 0.967 bits per heavy atom. The molecule has 0 radical (unpaired) electrons. The van der Waals surface area contributed by atoms with E-state index in [0.717, 1.165) is 283 Å². The van der Waals surface area contributed by atoms with Gasteiger partial charge in [0.2, 0.25) is 40.3 Å². The molecule has 0 unspecified atom stereocenters. The topological polar surface area (TPSA) is 228 Å². The van der Waals surface area contributed by atoms with Gasteiger partial charge in [-0.05, 0) is 234 Å². The Bertz CT molecular complexity index is 10800. The average molecular weight is 1940 g/mol. The second-order valence-corrected chi connectivity index (χ2v) is 38.5. The number of hydrogen-bond donors (Lipinski definition) is 0. The molecule has 24 nitrogen and oxygen atoms in total. The van der Waals surface area contributed by atoms with Gasteiger partial charge < -0.3 is 22.1 Å². The molecule has 0 spiro atoms. The predicted octanol–water partition coefficient (Wildman–Crippen LogP) is 30.8. The highest BCUT2D eigenvalue weighted by Crippen LogP contribution is 2.45. The number of hydrogen-bond acceptors (Lipinski definition) is 14. The lowest BCUT2D eigenvalue weighted by Gasteiger charge is -2.06. The fourth-order valence-corrected chi connectivity index (χ4v) is 22.8. The van der Waals surface area contributed by atoms with E-state index in [1.54, 1.807) is 0 Å². The molecule has 24 heteroatoms. The highest BCUT2D eigenvalue weighted by Gasteiger charge is 2.29. The number of fused-ring (bicyclic) bond motifs is 40. The molecule has 0 saturated heterocycles. The van der Waals surface area contributed by atoms with Crippen molar-refractivity contribution in [2.75, 3.05) is 0 Å². The minimum absolute atomic E-state index is 0.657. The number of rotatable bonds is 5. The van der Waals surface area contributed by atoms with Crippen molar-refractivity contribution in [1.82, 2.24) is 89.7 Å².